The van der Waals surface area contributed by atoms with Crippen LogP contribution in [-0.2, 0) is 19.9 Å². The van der Waals surface area contributed by atoms with Gasteiger partial charge in [-0.25, -0.2) is 21.2 Å². The molecule has 0 aromatic heterocycles. The van der Waals surface area contributed by atoms with Crippen molar-refractivity contribution in [3.05, 3.63) is 58.9 Å². The summed E-state index contributed by atoms with van der Waals surface area (Å²) in [7, 11) is -7.37. The summed E-state index contributed by atoms with van der Waals surface area (Å²) in [6.45, 7) is 1.97. The minimum atomic E-state index is -3.74. The standard InChI is InChI=1S/C18H19ClFNO4S2/c1-13-2-5-17(12-18(13)19)27(24,25)21-10-8-16(9-11-21)26(22,23)15-6-3-14(20)4-7-15/h2-7,12,16H,8-11H2,1H3. The van der Waals surface area contributed by atoms with Crippen LogP contribution in [0.25, 0.3) is 0 Å². The molecule has 0 amide bonds. The monoisotopic (exact) mass is 431 g/mol. The van der Waals surface area contributed by atoms with Crippen molar-refractivity contribution in [1.82, 2.24) is 4.31 Å². The smallest absolute Gasteiger partial charge is 0.223 e. The van der Waals surface area contributed by atoms with Gasteiger partial charge >= 0.3 is 0 Å². The van der Waals surface area contributed by atoms with E-state index in [-0.39, 0.29) is 35.7 Å². The first-order chi connectivity index (χ1) is 12.6. The molecule has 0 aliphatic carbocycles. The maximum absolute atomic E-state index is 13.0. The average molecular weight is 432 g/mol. The Kier molecular flexibility index (Phi) is 5.63. The molecule has 0 bridgehead atoms. The van der Waals surface area contributed by atoms with Gasteiger partial charge in [-0.2, -0.15) is 4.31 Å². The Morgan fingerprint density at radius 3 is 2.07 bits per heavy atom. The molecule has 146 valence electrons. The highest BCUT2D eigenvalue weighted by molar-refractivity contribution is 7.92. The second-order valence-electron chi connectivity index (χ2n) is 6.51. The van der Waals surface area contributed by atoms with Crippen LogP contribution in [-0.4, -0.2) is 39.5 Å². The second-order valence-corrected chi connectivity index (χ2v) is 11.1. The van der Waals surface area contributed by atoms with E-state index >= 15 is 0 Å². The van der Waals surface area contributed by atoms with E-state index in [1.54, 1.807) is 13.0 Å². The van der Waals surface area contributed by atoms with Crippen LogP contribution in [0.3, 0.4) is 0 Å². The summed E-state index contributed by atoms with van der Waals surface area (Å²) in [6, 6.07) is 9.23. The fourth-order valence-corrected chi connectivity index (χ4v) is 6.56. The van der Waals surface area contributed by atoms with Gasteiger partial charge in [-0.15, -0.1) is 0 Å². The van der Waals surface area contributed by atoms with E-state index in [0.29, 0.717) is 5.02 Å². The molecule has 0 N–H and O–H groups in total. The van der Waals surface area contributed by atoms with Crippen molar-refractivity contribution < 1.29 is 21.2 Å². The van der Waals surface area contributed by atoms with E-state index in [9.17, 15) is 21.2 Å². The van der Waals surface area contributed by atoms with Gasteiger partial charge < -0.3 is 0 Å². The van der Waals surface area contributed by atoms with Gasteiger partial charge in [-0.05, 0) is 61.7 Å². The first kappa shape index (κ1) is 20.3. The molecule has 1 aliphatic rings. The van der Waals surface area contributed by atoms with Crippen LogP contribution in [0.2, 0.25) is 5.02 Å². The maximum atomic E-state index is 13.0. The first-order valence-corrected chi connectivity index (χ1v) is 11.7. The number of aryl methyl sites for hydroxylation is 1. The lowest BCUT2D eigenvalue weighted by atomic mass is 10.2. The molecule has 2 aromatic rings. The molecule has 1 fully saturated rings. The summed E-state index contributed by atoms with van der Waals surface area (Å²) in [6.07, 6.45) is 0.358. The van der Waals surface area contributed by atoms with Crippen LogP contribution in [0.4, 0.5) is 4.39 Å². The molecule has 3 rings (SSSR count). The number of sulfone groups is 1. The minimum Gasteiger partial charge on any atom is -0.223 e. The lowest BCUT2D eigenvalue weighted by Gasteiger charge is -2.31. The highest BCUT2D eigenvalue weighted by atomic mass is 35.5. The minimum absolute atomic E-state index is 0.0514. The van der Waals surface area contributed by atoms with Gasteiger partial charge in [0.05, 0.1) is 15.0 Å². The van der Waals surface area contributed by atoms with E-state index in [1.807, 2.05) is 0 Å². The predicted molar refractivity (Wildman–Crippen MR) is 102 cm³/mol. The van der Waals surface area contributed by atoms with Crippen LogP contribution < -0.4 is 0 Å². The SMILES string of the molecule is Cc1ccc(S(=O)(=O)N2CCC(S(=O)(=O)c3ccc(F)cc3)CC2)cc1Cl. The van der Waals surface area contributed by atoms with Crippen molar-refractivity contribution >= 4 is 31.5 Å². The normalized spacial score (nSPS) is 17.1. The topological polar surface area (TPSA) is 71.5 Å². The lowest BCUT2D eigenvalue weighted by molar-refractivity contribution is 0.345. The summed E-state index contributed by atoms with van der Waals surface area (Å²) >= 11 is 6.03. The molecular weight excluding hydrogens is 413 g/mol. The van der Waals surface area contributed by atoms with Gasteiger partial charge in [-0.1, -0.05) is 17.7 Å². The molecule has 27 heavy (non-hydrogen) atoms. The van der Waals surface area contributed by atoms with E-state index < -0.39 is 30.9 Å². The Bertz CT molecular complexity index is 1050. The molecule has 2 aromatic carbocycles. The third kappa shape index (κ3) is 4.03. The first-order valence-electron chi connectivity index (χ1n) is 8.38. The van der Waals surface area contributed by atoms with Gasteiger partial charge in [-0.3, -0.25) is 0 Å². The molecule has 0 unspecified atom stereocenters. The highest BCUT2D eigenvalue weighted by Gasteiger charge is 2.35. The molecule has 1 heterocycles. The maximum Gasteiger partial charge on any atom is 0.243 e. The van der Waals surface area contributed by atoms with E-state index in [0.717, 1.165) is 17.7 Å². The van der Waals surface area contributed by atoms with Crippen LogP contribution in [0.5, 0.6) is 0 Å². The molecule has 9 heteroatoms. The summed E-state index contributed by atoms with van der Waals surface area (Å²) in [5.41, 5.74) is 0.778. The quantitative estimate of drug-likeness (QED) is 0.695. The van der Waals surface area contributed by atoms with Gasteiger partial charge in [0.25, 0.3) is 0 Å². The summed E-state index contributed by atoms with van der Waals surface area (Å²) in [4.78, 5) is 0.147. The molecule has 0 spiro atoms. The summed E-state index contributed by atoms with van der Waals surface area (Å²) in [5, 5.41) is -0.333. The zero-order valence-corrected chi connectivity index (χ0v) is 17.0. The number of hydrogen-bond acceptors (Lipinski definition) is 4. The molecular formula is C18H19ClFNO4S2. The van der Waals surface area contributed by atoms with E-state index in [1.165, 1.54) is 28.6 Å². The zero-order chi connectivity index (χ0) is 19.8. The van der Waals surface area contributed by atoms with Crippen molar-refractivity contribution in [2.24, 2.45) is 0 Å². The van der Waals surface area contributed by atoms with Crippen LogP contribution >= 0.6 is 11.6 Å². The Morgan fingerprint density at radius 1 is 0.963 bits per heavy atom. The Morgan fingerprint density at radius 2 is 1.52 bits per heavy atom. The molecule has 1 saturated heterocycles. The van der Waals surface area contributed by atoms with Crippen LogP contribution in [0.15, 0.2) is 52.3 Å². The third-order valence-electron chi connectivity index (χ3n) is 4.76. The van der Waals surface area contributed by atoms with Gasteiger partial charge in [0, 0.05) is 18.1 Å². The van der Waals surface area contributed by atoms with Crippen molar-refractivity contribution in [3.8, 4) is 0 Å². The molecule has 5 nitrogen and oxygen atoms in total. The second kappa shape index (κ2) is 7.50. The van der Waals surface area contributed by atoms with Crippen molar-refractivity contribution in [2.45, 2.75) is 34.8 Å². The predicted octanol–water partition coefficient (Wildman–Crippen LogP) is 3.41. The summed E-state index contributed by atoms with van der Waals surface area (Å²) in [5.74, 6) is -0.508. The molecule has 1 aliphatic heterocycles. The number of hydrogen-bond donors (Lipinski definition) is 0. The molecule has 0 radical (unpaired) electrons. The fraction of sp³-hybridized carbons (Fsp3) is 0.333. The zero-order valence-electron chi connectivity index (χ0n) is 14.6. The Balaban J connectivity index is 1.76. The van der Waals surface area contributed by atoms with Crippen molar-refractivity contribution in [3.63, 3.8) is 0 Å². The fourth-order valence-electron chi connectivity index (χ4n) is 3.08. The lowest BCUT2D eigenvalue weighted by Crippen LogP contribution is -2.42. The third-order valence-corrected chi connectivity index (χ3v) is 9.34. The van der Waals surface area contributed by atoms with E-state index in [4.69, 9.17) is 11.6 Å². The number of piperidine rings is 1. The number of rotatable bonds is 4. The number of nitrogens with zero attached hydrogens (tertiary/aromatic N) is 1. The average Bonchev–Trinajstić information content (AvgIpc) is 2.64. The van der Waals surface area contributed by atoms with E-state index in [2.05, 4.69) is 0 Å². The largest absolute Gasteiger partial charge is 0.243 e. The Labute approximate surface area is 163 Å². The number of halogens is 2. The summed E-state index contributed by atoms with van der Waals surface area (Å²) < 4.78 is 65.3. The molecule has 0 saturated carbocycles. The molecule has 0 atom stereocenters. The van der Waals surface area contributed by atoms with Gasteiger partial charge in [0.15, 0.2) is 9.84 Å². The van der Waals surface area contributed by atoms with Gasteiger partial charge in [0.2, 0.25) is 10.0 Å². The number of benzene rings is 2. The highest BCUT2D eigenvalue weighted by Crippen LogP contribution is 2.29. The van der Waals surface area contributed by atoms with Crippen LogP contribution in [0, 0.1) is 12.7 Å². The number of sulfonamides is 1. The van der Waals surface area contributed by atoms with Crippen molar-refractivity contribution in [2.75, 3.05) is 13.1 Å². The van der Waals surface area contributed by atoms with Crippen molar-refractivity contribution in [1.29, 1.82) is 0 Å². The Hall–Kier alpha value is -1.48. The van der Waals surface area contributed by atoms with Crippen LogP contribution in [0.1, 0.15) is 18.4 Å². The van der Waals surface area contributed by atoms with Gasteiger partial charge in [0.1, 0.15) is 5.82 Å².